The zero-order valence-electron chi connectivity index (χ0n) is 27.5. The summed E-state index contributed by atoms with van der Waals surface area (Å²) in [6, 6.07) is 37.0. The summed E-state index contributed by atoms with van der Waals surface area (Å²) in [7, 11) is 0. The van der Waals surface area contributed by atoms with Gasteiger partial charge in [0.15, 0.2) is 5.60 Å². The Bertz CT molecular complexity index is 2280. The van der Waals surface area contributed by atoms with Crippen molar-refractivity contribution in [1.82, 2.24) is 15.0 Å². The first kappa shape index (κ1) is 30.4. The molecule has 1 aromatic heterocycles. The number of hydrogen-bond donors (Lipinski definition) is 1. The maximum absolute atomic E-state index is 14.6. The second-order valence-electron chi connectivity index (χ2n) is 13.5. The third kappa shape index (κ3) is 4.69. The van der Waals surface area contributed by atoms with E-state index < -0.39 is 11.7 Å². The normalized spacial score (nSPS) is 21.5. The lowest BCUT2D eigenvalue weighted by atomic mass is 9.83. The van der Waals surface area contributed by atoms with Crippen molar-refractivity contribution in [3.63, 3.8) is 0 Å². The van der Waals surface area contributed by atoms with E-state index in [1.54, 1.807) is 15.8 Å². The predicted octanol–water partition coefficient (Wildman–Crippen LogP) is 7.06. The van der Waals surface area contributed by atoms with Gasteiger partial charge in [0, 0.05) is 29.1 Å². The molecule has 9 heteroatoms. The topological polar surface area (TPSA) is 101 Å². The number of benzene rings is 5. The highest BCUT2D eigenvalue weighted by molar-refractivity contribution is 6.27. The number of ether oxygens (including phenoxy) is 1. The molecule has 1 spiro atoms. The molecule has 0 saturated carbocycles. The van der Waals surface area contributed by atoms with Crippen molar-refractivity contribution in [1.29, 1.82) is 0 Å². The van der Waals surface area contributed by atoms with Gasteiger partial charge < -0.3 is 14.7 Å². The molecule has 4 atom stereocenters. The molecule has 6 aromatic rings. The Balaban J connectivity index is 0.944. The summed E-state index contributed by atoms with van der Waals surface area (Å²) in [6.45, 7) is 2.98. The fourth-order valence-electron chi connectivity index (χ4n) is 8.14. The van der Waals surface area contributed by atoms with Crippen molar-refractivity contribution in [3.05, 3.63) is 149 Å². The second kappa shape index (κ2) is 11.8. The zero-order valence-corrected chi connectivity index (χ0v) is 27.5. The predicted molar refractivity (Wildman–Crippen MR) is 190 cm³/mol. The highest BCUT2D eigenvalue weighted by Gasteiger charge is 2.59. The van der Waals surface area contributed by atoms with Gasteiger partial charge in [-0.05, 0) is 59.7 Å². The van der Waals surface area contributed by atoms with E-state index in [1.165, 1.54) is 0 Å². The number of aliphatic hydroxyl groups is 1. The van der Waals surface area contributed by atoms with Crippen molar-refractivity contribution in [2.24, 2.45) is 5.92 Å². The quantitative estimate of drug-likeness (QED) is 0.188. The Morgan fingerprint density at radius 2 is 1.66 bits per heavy atom. The number of aromatic nitrogens is 3. The maximum Gasteiger partial charge on any atom is 0.264 e. The van der Waals surface area contributed by atoms with E-state index >= 15 is 0 Å². The summed E-state index contributed by atoms with van der Waals surface area (Å²) in [5.41, 5.74) is 5.16. The SMILES string of the molecule is C[C@@H]1C[C@H](CCn2cc([C@H](O)c3ccccc3)nn2)O[C@@]12C(=O)N(Cc1cccc(N3C(=O)c4cccc5cccc3c45)c1)c1ccccc12. The molecule has 9 rings (SSSR count). The van der Waals surface area contributed by atoms with Crippen molar-refractivity contribution in [2.75, 3.05) is 9.80 Å². The summed E-state index contributed by atoms with van der Waals surface area (Å²) in [5, 5.41) is 21.2. The molecule has 3 aliphatic heterocycles. The standard InChI is InChI=1S/C41H35N5O4/c1-26-22-31(20-21-44-25-34(42-43-44)38(47)29-11-3-2-4-12-29)50-41(26)33-17-5-6-18-35(33)45(40(41)49)24-27-10-7-15-30(23-27)46-36-19-9-14-28-13-8-16-32(37(28)36)39(46)48/h2-19,23,25-26,31,38,47H,20-22,24H2,1H3/t26-,31+,38-,41+/m1/s1. The van der Waals surface area contributed by atoms with E-state index in [-0.39, 0.29) is 23.8 Å². The molecule has 0 aliphatic carbocycles. The Morgan fingerprint density at radius 3 is 2.52 bits per heavy atom. The van der Waals surface area contributed by atoms with Crippen molar-refractivity contribution in [2.45, 2.75) is 50.7 Å². The van der Waals surface area contributed by atoms with E-state index in [1.807, 2.05) is 120 Å². The highest BCUT2D eigenvalue weighted by atomic mass is 16.5. The number of para-hydroxylation sites is 1. The van der Waals surface area contributed by atoms with E-state index in [4.69, 9.17) is 4.74 Å². The number of carbonyl (C=O) groups excluding carboxylic acids is 2. The van der Waals surface area contributed by atoms with Crippen LogP contribution in [0.4, 0.5) is 17.1 Å². The van der Waals surface area contributed by atoms with Gasteiger partial charge in [0.2, 0.25) is 0 Å². The number of hydrogen-bond acceptors (Lipinski definition) is 6. The van der Waals surface area contributed by atoms with E-state index in [0.29, 0.717) is 30.8 Å². The average molecular weight is 662 g/mol. The van der Waals surface area contributed by atoms with Crippen LogP contribution in [0, 0.1) is 5.92 Å². The summed E-state index contributed by atoms with van der Waals surface area (Å²) < 4.78 is 8.54. The Hall–Kier alpha value is -5.64. The smallest absolute Gasteiger partial charge is 0.264 e. The van der Waals surface area contributed by atoms with E-state index in [0.717, 1.165) is 50.9 Å². The van der Waals surface area contributed by atoms with Crippen LogP contribution < -0.4 is 9.80 Å². The molecule has 0 unspecified atom stereocenters. The van der Waals surface area contributed by atoms with Gasteiger partial charge in [-0.25, -0.2) is 0 Å². The van der Waals surface area contributed by atoms with Gasteiger partial charge in [-0.2, -0.15) is 0 Å². The van der Waals surface area contributed by atoms with Crippen LogP contribution in [-0.4, -0.2) is 38.0 Å². The molecule has 9 nitrogen and oxygen atoms in total. The second-order valence-corrected chi connectivity index (χ2v) is 13.5. The third-order valence-electron chi connectivity index (χ3n) is 10.5. The first-order valence-electron chi connectivity index (χ1n) is 17.1. The summed E-state index contributed by atoms with van der Waals surface area (Å²) in [6.07, 6.45) is 2.12. The monoisotopic (exact) mass is 661 g/mol. The van der Waals surface area contributed by atoms with Gasteiger partial charge in [0.05, 0.1) is 35.8 Å². The summed E-state index contributed by atoms with van der Waals surface area (Å²) in [5.74, 6) is -0.170. The third-order valence-corrected chi connectivity index (χ3v) is 10.5. The Kier molecular flexibility index (Phi) is 7.15. The van der Waals surface area contributed by atoms with Gasteiger partial charge in [0.25, 0.3) is 11.8 Å². The fraction of sp³-hybridized carbons (Fsp3) is 0.220. The Labute approximate surface area is 289 Å². The van der Waals surface area contributed by atoms with Gasteiger partial charge in [-0.3, -0.25) is 19.2 Å². The number of nitrogens with zero attached hydrogens (tertiary/aromatic N) is 5. The molecular formula is C41H35N5O4. The number of amides is 2. The molecular weight excluding hydrogens is 626 g/mol. The first-order chi connectivity index (χ1) is 24.4. The lowest BCUT2D eigenvalue weighted by molar-refractivity contribution is -0.146. The average Bonchev–Trinajstić information content (AvgIpc) is 3.89. The minimum Gasteiger partial charge on any atom is -0.382 e. The van der Waals surface area contributed by atoms with Crippen LogP contribution in [0.2, 0.25) is 0 Å². The van der Waals surface area contributed by atoms with Crippen LogP contribution in [0.1, 0.15) is 58.6 Å². The summed E-state index contributed by atoms with van der Waals surface area (Å²) >= 11 is 0. The maximum atomic E-state index is 14.6. The Morgan fingerprint density at radius 1 is 0.900 bits per heavy atom. The van der Waals surface area contributed by atoms with Crippen LogP contribution >= 0.6 is 0 Å². The molecule has 5 aromatic carbocycles. The van der Waals surface area contributed by atoms with Crippen LogP contribution in [0.25, 0.3) is 10.8 Å². The molecule has 0 radical (unpaired) electrons. The van der Waals surface area contributed by atoms with E-state index in [2.05, 4.69) is 17.2 Å². The molecule has 50 heavy (non-hydrogen) atoms. The number of rotatable bonds is 8. The molecule has 1 N–H and O–H groups in total. The molecule has 0 bridgehead atoms. The molecule has 248 valence electrons. The fourth-order valence-corrected chi connectivity index (χ4v) is 8.14. The zero-order chi connectivity index (χ0) is 34.0. The van der Waals surface area contributed by atoms with Crippen LogP contribution in [0.3, 0.4) is 0 Å². The number of aliphatic hydroxyl groups excluding tert-OH is 1. The molecule has 2 amide bonds. The summed E-state index contributed by atoms with van der Waals surface area (Å²) in [4.78, 5) is 31.8. The molecule has 4 heterocycles. The number of anilines is 3. The van der Waals surface area contributed by atoms with Gasteiger partial charge >= 0.3 is 0 Å². The van der Waals surface area contributed by atoms with E-state index in [9.17, 15) is 14.7 Å². The number of aryl methyl sites for hydroxylation is 1. The minimum absolute atomic E-state index is 0.0510. The van der Waals surface area contributed by atoms with Crippen LogP contribution in [-0.2, 0) is 28.2 Å². The molecule has 1 saturated heterocycles. The number of carbonyl (C=O) groups is 2. The lowest BCUT2D eigenvalue weighted by Gasteiger charge is -2.28. The van der Waals surface area contributed by atoms with Crippen LogP contribution in [0.15, 0.2) is 121 Å². The van der Waals surface area contributed by atoms with Gasteiger partial charge in [0.1, 0.15) is 11.8 Å². The van der Waals surface area contributed by atoms with Crippen molar-refractivity contribution in [3.8, 4) is 0 Å². The van der Waals surface area contributed by atoms with Crippen molar-refractivity contribution >= 4 is 39.6 Å². The van der Waals surface area contributed by atoms with Gasteiger partial charge in [-0.1, -0.05) is 97.1 Å². The molecule has 3 aliphatic rings. The minimum atomic E-state index is -1.09. The van der Waals surface area contributed by atoms with Crippen LogP contribution in [0.5, 0.6) is 0 Å². The number of fused-ring (bicyclic) bond motifs is 2. The van der Waals surface area contributed by atoms with Gasteiger partial charge in [-0.15, -0.1) is 5.10 Å². The van der Waals surface area contributed by atoms with Crippen molar-refractivity contribution < 1.29 is 19.4 Å². The largest absolute Gasteiger partial charge is 0.382 e. The lowest BCUT2D eigenvalue weighted by Crippen LogP contribution is -2.43. The highest BCUT2D eigenvalue weighted by Crippen LogP contribution is 2.54. The first-order valence-corrected chi connectivity index (χ1v) is 17.1. The molecule has 1 fully saturated rings.